The van der Waals surface area contributed by atoms with Gasteiger partial charge in [0.2, 0.25) is 0 Å². The number of aromatic amines is 1. The molecular weight excluding hydrogens is 455 g/mol. The highest BCUT2D eigenvalue weighted by Crippen LogP contribution is 2.35. The van der Waals surface area contributed by atoms with Crippen molar-refractivity contribution in [2.45, 2.75) is 51.5 Å². The fraction of sp³-hybridized carbons (Fsp3) is 0.552. The SMILES string of the molecule is COc1ccc(-c2nc3c(F)cc(C4CCN(C5CCN(CC(C)C)CC5)CC4)cc3[nH]2)cc1OC. The molecule has 1 N–H and O–H groups in total. The molecule has 0 bridgehead atoms. The smallest absolute Gasteiger partial charge is 0.161 e. The van der Waals surface area contributed by atoms with Gasteiger partial charge in [0.1, 0.15) is 11.3 Å². The summed E-state index contributed by atoms with van der Waals surface area (Å²) in [6.45, 7) is 10.4. The van der Waals surface area contributed by atoms with Crippen LogP contribution in [0.15, 0.2) is 30.3 Å². The molecule has 0 radical (unpaired) electrons. The molecule has 2 fully saturated rings. The Hall–Kier alpha value is -2.64. The van der Waals surface area contributed by atoms with Crippen LogP contribution in [-0.2, 0) is 0 Å². The number of fused-ring (bicyclic) bond motifs is 1. The van der Waals surface area contributed by atoms with Crippen LogP contribution in [0.25, 0.3) is 22.4 Å². The summed E-state index contributed by atoms with van der Waals surface area (Å²) >= 11 is 0. The number of benzene rings is 2. The first-order valence-electron chi connectivity index (χ1n) is 13.3. The average Bonchev–Trinajstić information content (AvgIpc) is 3.33. The molecule has 7 heteroatoms. The summed E-state index contributed by atoms with van der Waals surface area (Å²) in [5.74, 6) is 2.76. The highest BCUT2D eigenvalue weighted by Gasteiger charge is 2.29. The van der Waals surface area contributed by atoms with E-state index in [0.29, 0.717) is 34.8 Å². The summed E-state index contributed by atoms with van der Waals surface area (Å²) in [6, 6.07) is 10.1. The lowest BCUT2D eigenvalue weighted by Crippen LogP contribution is -2.48. The zero-order valence-corrected chi connectivity index (χ0v) is 22.0. The Morgan fingerprint density at radius 3 is 2.36 bits per heavy atom. The van der Waals surface area contributed by atoms with E-state index in [1.165, 1.54) is 32.5 Å². The van der Waals surface area contributed by atoms with E-state index in [9.17, 15) is 0 Å². The van der Waals surface area contributed by atoms with Crippen LogP contribution in [0.3, 0.4) is 0 Å². The molecule has 2 saturated heterocycles. The normalized spacial score (nSPS) is 18.8. The lowest BCUT2D eigenvalue weighted by molar-refractivity contribution is 0.0828. The van der Waals surface area contributed by atoms with Crippen LogP contribution in [0.2, 0.25) is 0 Å². The van der Waals surface area contributed by atoms with Gasteiger partial charge in [0.15, 0.2) is 17.3 Å². The first kappa shape index (κ1) is 25.0. The van der Waals surface area contributed by atoms with Crippen molar-refractivity contribution in [2.24, 2.45) is 5.92 Å². The van der Waals surface area contributed by atoms with E-state index in [-0.39, 0.29) is 5.82 Å². The second-order valence-electron chi connectivity index (χ2n) is 10.8. The molecule has 0 aliphatic carbocycles. The molecule has 36 heavy (non-hydrogen) atoms. The minimum absolute atomic E-state index is 0.259. The van der Waals surface area contributed by atoms with Crippen molar-refractivity contribution in [1.29, 1.82) is 0 Å². The van der Waals surface area contributed by atoms with Crippen molar-refractivity contribution >= 4 is 11.0 Å². The van der Waals surface area contributed by atoms with Gasteiger partial charge in [-0.05, 0) is 99.6 Å². The van der Waals surface area contributed by atoms with Crippen LogP contribution < -0.4 is 9.47 Å². The molecule has 2 aromatic carbocycles. The van der Waals surface area contributed by atoms with E-state index in [4.69, 9.17) is 9.47 Å². The van der Waals surface area contributed by atoms with Gasteiger partial charge in [-0.3, -0.25) is 0 Å². The fourth-order valence-electron chi connectivity index (χ4n) is 6.03. The number of nitrogens with zero attached hydrogens (tertiary/aromatic N) is 3. The predicted molar refractivity (Wildman–Crippen MR) is 142 cm³/mol. The van der Waals surface area contributed by atoms with Crippen LogP contribution in [0.5, 0.6) is 11.5 Å². The number of methoxy groups -OCH3 is 2. The average molecular weight is 495 g/mol. The minimum atomic E-state index is -0.259. The van der Waals surface area contributed by atoms with Crippen molar-refractivity contribution in [3.8, 4) is 22.9 Å². The standard InChI is InChI=1S/C29H39FN4O2/c1-19(2)18-33-11-9-23(10-12-33)34-13-7-20(8-14-34)22-15-24(30)28-25(16-22)31-29(32-28)21-5-6-26(35-3)27(17-21)36-4/h5-6,15-17,19-20,23H,7-14,18H2,1-4H3,(H,31,32). The molecule has 194 valence electrons. The van der Waals surface area contributed by atoms with E-state index < -0.39 is 0 Å². The lowest BCUT2D eigenvalue weighted by Gasteiger charge is -2.42. The highest BCUT2D eigenvalue weighted by molar-refractivity contribution is 5.81. The third-order valence-corrected chi connectivity index (χ3v) is 7.92. The third kappa shape index (κ3) is 5.23. The van der Waals surface area contributed by atoms with Crippen LogP contribution in [0.1, 0.15) is 51.0 Å². The zero-order chi connectivity index (χ0) is 25.2. The molecule has 3 heterocycles. The van der Waals surface area contributed by atoms with E-state index in [1.807, 2.05) is 18.2 Å². The number of likely N-dealkylation sites (tertiary alicyclic amines) is 2. The van der Waals surface area contributed by atoms with Gasteiger partial charge in [0.25, 0.3) is 0 Å². The van der Waals surface area contributed by atoms with E-state index in [2.05, 4.69) is 39.7 Å². The minimum Gasteiger partial charge on any atom is -0.493 e. The molecule has 1 aromatic heterocycles. The van der Waals surface area contributed by atoms with Gasteiger partial charge in [-0.2, -0.15) is 0 Å². The molecule has 2 aliphatic heterocycles. The number of ether oxygens (including phenoxy) is 2. The van der Waals surface area contributed by atoms with Gasteiger partial charge in [0.05, 0.1) is 19.7 Å². The molecule has 6 nitrogen and oxygen atoms in total. The monoisotopic (exact) mass is 494 g/mol. The quantitative estimate of drug-likeness (QED) is 0.458. The predicted octanol–water partition coefficient (Wildman–Crippen LogP) is 5.69. The van der Waals surface area contributed by atoms with Crippen molar-refractivity contribution in [3.05, 3.63) is 41.7 Å². The number of rotatable bonds is 7. The van der Waals surface area contributed by atoms with Crippen LogP contribution in [0, 0.1) is 11.7 Å². The number of H-pyrrole nitrogens is 1. The van der Waals surface area contributed by atoms with Crippen LogP contribution >= 0.6 is 0 Å². The number of aromatic nitrogens is 2. The van der Waals surface area contributed by atoms with Crippen molar-refractivity contribution in [3.63, 3.8) is 0 Å². The Bertz CT molecular complexity index is 1180. The highest BCUT2D eigenvalue weighted by atomic mass is 19.1. The first-order chi connectivity index (χ1) is 17.4. The number of imidazole rings is 1. The summed E-state index contributed by atoms with van der Waals surface area (Å²) in [6.07, 6.45) is 4.69. The Balaban J connectivity index is 1.26. The molecule has 0 spiro atoms. The zero-order valence-electron chi connectivity index (χ0n) is 22.0. The van der Waals surface area contributed by atoms with E-state index >= 15 is 4.39 Å². The van der Waals surface area contributed by atoms with Gasteiger partial charge >= 0.3 is 0 Å². The second-order valence-corrected chi connectivity index (χ2v) is 10.8. The summed E-state index contributed by atoms with van der Waals surface area (Å²) in [5.41, 5.74) is 3.04. The Morgan fingerprint density at radius 1 is 0.972 bits per heavy atom. The van der Waals surface area contributed by atoms with Gasteiger partial charge < -0.3 is 24.3 Å². The van der Waals surface area contributed by atoms with Gasteiger partial charge in [0, 0.05) is 18.2 Å². The fourth-order valence-corrected chi connectivity index (χ4v) is 6.03. The topological polar surface area (TPSA) is 53.6 Å². The Labute approximate surface area is 213 Å². The molecule has 0 atom stereocenters. The molecule has 0 saturated carbocycles. The third-order valence-electron chi connectivity index (χ3n) is 7.92. The molecule has 3 aromatic rings. The number of hydrogen-bond donors (Lipinski definition) is 1. The van der Waals surface area contributed by atoms with Gasteiger partial charge in [-0.1, -0.05) is 13.8 Å². The molecule has 5 rings (SSSR count). The summed E-state index contributed by atoms with van der Waals surface area (Å²) < 4.78 is 25.9. The maximum Gasteiger partial charge on any atom is 0.161 e. The lowest BCUT2D eigenvalue weighted by atomic mass is 9.87. The number of hydrogen-bond acceptors (Lipinski definition) is 5. The van der Waals surface area contributed by atoms with E-state index in [0.717, 1.165) is 48.5 Å². The maximum absolute atomic E-state index is 15.1. The Kier molecular flexibility index (Phi) is 7.49. The molecule has 0 amide bonds. The first-order valence-corrected chi connectivity index (χ1v) is 13.3. The van der Waals surface area contributed by atoms with Gasteiger partial charge in [-0.15, -0.1) is 0 Å². The van der Waals surface area contributed by atoms with Crippen molar-refractivity contribution < 1.29 is 13.9 Å². The van der Waals surface area contributed by atoms with Crippen molar-refractivity contribution in [2.75, 3.05) is 46.9 Å². The van der Waals surface area contributed by atoms with Crippen LogP contribution in [0.4, 0.5) is 4.39 Å². The summed E-state index contributed by atoms with van der Waals surface area (Å²) in [4.78, 5) is 13.2. The Morgan fingerprint density at radius 2 is 1.69 bits per heavy atom. The molecule has 0 unspecified atom stereocenters. The second kappa shape index (κ2) is 10.8. The summed E-state index contributed by atoms with van der Waals surface area (Å²) in [7, 11) is 3.21. The number of halogens is 1. The molecule has 2 aliphatic rings. The maximum atomic E-state index is 15.1. The summed E-state index contributed by atoms with van der Waals surface area (Å²) in [5, 5.41) is 0. The van der Waals surface area contributed by atoms with E-state index in [1.54, 1.807) is 20.3 Å². The largest absolute Gasteiger partial charge is 0.493 e. The van der Waals surface area contributed by atoms with Gasteiger partial charge in [-0.25, -0.2) is 9.37 Å². The number of nitrogens with one attached hydrogen (secondary N) is 1. The van der Waals surface area contributed by atoms with Crippen molar-refractivity contribution in [1.82, 2.24) is 19.8 Å². The number of piperidine rings is 2. The molecular formula is C29H39FN4O2. The van der Waals surface area contributed by atoms with Crippen LogP contribution in [-0.4, -0.2) is 72.8 Å².